The second-order valence-corrected chi connectivity index (χ2v) is 7.31. The van der Waals surface area contributed by atoms with Crippen molar-refractivity contribution in [2.45, 2.75) is 38.6 Å². The Bertz CT molecular complexity index is 602. The van der Waals surface area contributed by atoms with Crippen LogP contribution in [0, 0.1) is 11.8 Å². The summed E-state index contributed by atoms with van der Waals surface area (Å²) < 4.78 is 11.2. The average Bonchev–Trinajstić information content (AvgIpc) is 3.38. The molecular formula is C19H28N2O3. The minimum absolute atomic E-state index is 0.0906. The number of nitrogens with two attached hydrogens (primary N) is 1. The number of carbonyl (C=O) groups excluding carboxylic acids is 1. The van der Waals surface area contributed by atoms with Crippen LogP contribution in [-0.4, -0.2) is 43.7 Å². The number of ether oxygens (including phenoxy) is 2. The van der Waals surface area contributed by atoms with Crippen LogP contribution in [0.25, 0.3) is 0 Å². The second kappa shape index (κ2) is 7.01. The molecule has 0 saturated heterocycles. The molecule has 132 valence electrons. The maximum Gasteiger partial charge on any atom is 0.226 e. The van der Waals surface area contributed by atoms with Crippen molar-refractivity contribution in [2.75, 3.05) is 26.8 Å². The van der Waals surface area contributed by atoms with Crippen LogP contribution in [0.1, 0.15) is 38.2 Å². The van der Waals surface area contributed by atoms with E-state index in [0.29, 0.717) is 25.0 Å². The van der Waals surface area contributed by atoms with Gasteiger partial charge in [0.25, 0.3) is 0 Å². The number of fused-ring (bicyclic) bond motifs is 1. The van der Waals surface area contributed by atoms with Gasteiger partial charge in [-0.1, -0.05) is 19.9 Å². The molecule has 3 unspecified atom stereocenters. The van der Waals surface area contributed by atoms with Crippen LogP contribution in [0.15, 0.2) is 18.2 Å². The fraction of sp³-hybridized carbons (Fsp3) is 0.632. The highest BCUT2D eigenvalue weighted by Crippen LogP contribution is 2.50. The van der Waals surface area contributed by atoms with Gasteiger partial charge in [0.05, 0.1) is 0 Å². The van der Waals surface area contributed by atoms with Crippen molar-refractivity contribution in [2.24, 2.45) is 17.6 Å². The number of amides is 1. The summed E-state index contributed by atoms with van der Waals surface area (Å²) in [6.45, 7) is 6.14. The molecule has 1 aliphatic carbocycles. The first kappa shape index (κ1) is 17.1. The number of nitrogens with zero attached hydrogens (tertiary/aromatic N) is 1. The largest absolute Gasteiger partial charge is 0.486 e. The molecule has 24 heavy (non-hydrogen) atoms. The lowest BCUT2D eigenvalue weighted by Gasteiger charge is -2.22. The molecule has 3 atom stereocenters. The van der Waals surface area contributed by atoms with Crippen molar-refractivity contribution in [3.8, 4) is 11.5 Å². The zero-order valence-electron chi connectivity index (χ0n) is 14.8. The Kier molecular flexibility index (Phi) is 4.99. The SMILES string of the molecule is CC(C)C(N)CCN(C)C(=O)C1CC1c1ccc2c(c1)OCCO2. The predicted octanol–water partition coefficient (Wildman–Crippen LogP) is 2.39. The highest BCUT2D eigenvalue weighted by atomic mass is 16.6. The smallest absolute Gasteiger partial charge is 0.226 e. The fourth-order valence-electron chi connectivity index (χ4n) is 3.20. The third-order valence-corrected chi connectivity index (χ3v) is 5.13. The van der Waals surface area contributed by atoms with Crippen LogP contribution in [0.4, 0.5) is 0 Å². The summed E-state index contributed by atoms with van der Waals surface area (Å²) in [7, 11) is 1.88. The normalized spacial score (nSPS) is 23.0. The lowest BCUT2D eigenvalue weighted by molar-refractivity contribution is -0.131. The lowest BCUT2D eigenvalue weighted by atomic mass is 10.0. The van der Waals surface area contributed by atoms with E-state index in [4.69, 9.17) is 15.2 Å². The highest BCUT2D eigenvalue weighted by molar-refractivity contribution is 5.82. The molecular weight excluding hydrogens is 304 g/mol. The van der Waals surface area contributed by atoms with Gasteiger partial charge in [-0.25, -0.2) is 0 Å². The summed E-state index contributed by atoms with van der Waals surface area (Å²) in [5.41, 5.74) is 7.25. The van der Waals surface area contributed by atoms with E-state index in [1.54, 1.807) is 0 Å². The van der Waals surface area contributed by atoms with Crippen molar-refractivity contribution < 1.29 is 14.3 Å². The van der Waals surface area contributed by atoms with E-state index in [1.165, 1.54) is 5.56 Å². The number of benzene rings is 1. The van der Waals surface area contributed by atoms with Gasteiger partial charge in [0, 0.05) is 25.6 Å². The number of rotatable bonds is 6. The zero-order valence-corrected chi connectivity index (χ0v) is 14.8. The van der Waals surface area contributed by atoms with Crippen molar-refractivity contribution in [3.63, 3.8) is 0 Å². The van der Waals surface area contributed by atoms with Crippen molar-refractivity contribution >= 4 is 5.91 Å². The molecule has 1 aromatic carbocycles. The van der Waals surface area contributed by atoms with Crippen LogP contribution < -0.4 is 15.2 Å². The highest BCUT2D eigenvalue weighted by Gasteiger charge is 2.45. The summed E-state index contributed by atoms with van der Waals surface area (Å²) in [5, 5.41) is 0. The van der Waals surface area contributed by atoms with E-state index in [1.807, 2.05) is 24.1 Å². The number of carbonyl (C=O) groups is 1. The van der Waals surface area contributed by atoms with Gasteiger partial charge in [0.1, 0.15) is 13.2 Å². The molecule has 3 rings (SSSR count). The molecule has 0 bridgehead atoms. The first-order valence-electron chi connectivity index (χ1n) is 8.87. The molecule has 5 heteroatoms. The van der Waals surface area contributed by atoms with Gasteiger partial charge in [-0.3, -0.25) is 4.79 Å². The molecule has 1 aliphatic heterocycles. The first-order valence-corrected chi connectivity index (χ1v) is 8.87. The Morgan fingerprint density at radius 2 is 2.00 bits per heavy atom. The average molecular weight is 332 g/mol. The molecule has 0 spiro atoms. The van der Waals surface area contributed by atoms with Crippen molar-refractivity contribution in [1.29, 1.82) is 0 Å². The molecule has 0 radical (unpaired) electrons. The van der Waals surface area contributed by atoms with Crippen LogP contribution in [0.2, 0.25) is 0 Å². The van der Waals surface area contributed by atoms with Crippen LogP contribution in [-0.2, 0) is 4.79 Å². The molecule has 2 N–H and O–H groups in total. The van der Waals surface area contributed by atoms with E-state index in [2.05, 4.69) is 19.9 Å². The van der Waals surface area contributed by atoms with E-state index in [0.717, 1.165) is 30.9 Å². The summed E-state index contributed by atoms with van der Waals surface area (Å²) in [4.78, 5) is 14.4. The van der Waals surface area contributed by atoms with Crippen LogP contribution >= 0.6 is 0 Å². The second-order valence-electron chi connectivity index (χ2n) is 7.31. The zero-order chi connectivity index (χ0) is 17.3. The summed E-state index contributed by atoms with van der Waals surface area (Å²) in [6, 6.07) is 6.18. The summed E-state index contributed by atoms with van der Waals surface area (Å²) in [6.07, 6.45) is 1.76. The van der Waals surface area contributed by atoms with Gasteiger partial charge in [-0.15, -0.1) is 0 Å². The Balaban J connectivity index is 1.55. The van der Waals surface area contributed by atoms with E-state index >= 15 is 0 Å². The van der Waals surface area contributed by atoms with Gasteiger partial charge in [-0.2, -0.15) is 0 Å². The maximum absolute atomic E-state index is 12.6. The maximum atomic E-state index is 12.6. The topological polar surface area (TPSA) is 64.8 Å². The summed E-state index contributed by atoms with van der Waals surface area (Å²) in [5.74, 6) is 2.66. The quantitative estimate of drug-likeness (QED) is 0.869. The Hall–Kier alpha value is -1.75. The molecule has 1 saturated carbocycles. The van der Waals surface area contributed by atoms with E-state index < -0.39 is 0 Å². The third kappa shape index (κ3) is 3.66. The van der Waals surface area contributed by atoms with Crippen LogP contribution in [0.5, 0.6) is 11.5 Å². The molecule has 1 fully saturated rings. The Morgan fingerprint density at radius 3 is 2.71 bits per heavy atom. The Morgan fingerprint density at radius 1 is 1.29 bits per heavy atom. The van der Waals surface area contributed by atoms with Crippen LogP contribution in [0.3, 0.4) is 0 Å². The number of hydrogen-bond acceptors (Lipinski definition) is 4. The van der Waals surface area contributed by atoms with Gasteiger partial charge in [0.15, 0.2) is 11.5 Å². The third-order valence-electron chi connectivity index (χ3n) is 5.13. The van der Waals surface area contributed by atoms with Gasteiger partial charge in [0.2, 0.25) is 5.91 Å². The number of hydrogen-bond donors (Lipinski definition) is 1. The van der Waals surface area contributed by atoms with Gasteiger partial charge in [-0.05, 0) is 42.4 Å². The summed E-state index contributed by atoms with van der Waals surface area (Å²) >= 11 is 0. The lowest BCUT2D eigenvalue weighted by Crippen LogP contribution is -2.35. The fourth-order valence-corrected chi connectivity index (χ4v) is 3.20. The molecule has 2 aliphatic rings. The molecule has 1 aromatic rings. The predicted molar refractivity (Wildman–Crippen MR) is 93.3 cm³/mol. The Labute approximate surface area is 144 Å². The minimum atomic E-state index is 0.0906. The monoisotopic (exact) mass is 332 g/mol. The first-order chi connectivity index (χ1) is 11.5. The van der Waals surface area contributed by atoms with E-state index in [9.17, 15) is 4.79 Å². The molecule has 1 heterocycles. The minimum Gasteiger partial charge on any atom is -0.486 e. The van der Waals surface area contributed by atoms with Crippen molar-refractivity contribution in [1.82, 2.24) is 4.90 Å². The molecule has 0 aromatic heterocycles. The standard InChI is InChI=1S/C19H28N2O3/c1-12(2)16(20)6-7-21(3)19(22)15-11-14(15)13-4-5-17-18(10-13)24-9-8-23-17/h4-5,10,12,14-16H,6-9,11,20H2,1-3H3. The van der Waals surface area contributed by atoms with E-state index in [-0.39, 0.29) is 17.9 Å². The molecule has 5 nitrogen and oxygen atoms in total. The van der Waals surface area contributed by atoms with Crippen molar-refractivity contribution in [3.05, 3.63) is 23.8 Å². The molecule has 1 amide bonds. The van der Waals surface area contributed by atoms with Gasteiger partial charge < -0.3 is 20.1 Å². The van der Waals surface area contributed by atoms with Gasteiger partial charge >= 0.3 is 0 Å².